The van der Waals surface area contributed by atoms with Crippen LogP contribution in [0.15, 0.2) is 47.4 Å². The van der Waals surface area contributed by atoms with Crippen LogP contribution < -0.4 is 9.47 Å². The molecule has 1 saturated carbocycles. The molecular weight excluding hydrogens is 460 g/mol. The summed E-state index contributed by atoms with van der Waals surface area (Å²) in [6.07, 6.45) is 7.32. The Labute approximate surface area is 201 Å². The predicted molar refractivity (Wildman–Crippen MR) is 132 cm³/mol. The van der Waals surface area contributed by atoms with Crippen LogP contribution in [0.4, 0.5) is 5.69 Å². The van der Waals surface area contributed by atoms with Crippen molar-refractivity contribution in [1.82, 2.24) is 4.90 Å². The van der Waals surface area contributed by atoms with Gasteiger partial charge in [-0.3, -0.25) is 19.8 Å². The number of hydrogen-bond acceptors (Lipinski definition) is 7. The Morgan fingerprint density at radius 3 is 2.55 bits per heavy atom. The lowest BCUT2D eigenvalue weighted by atomic mass is 9.94. The minimum Gasteiger partial charge on any atom is -0.493 e. The van der Waals surface area contributed by atoms with Gasteiger partial charge in [-0.05, 0) is 54.3 Å². The van der Waals surface area contributed by atoms with E-state index in [9.17, 15) is 14.9 Å². The number of thiocarbonyl (C=S) groups is 1. The number of nitro benzene ring substituents is 1. The first-order chi connectivity index (χ1) is 16.0. The zero-order valence-electron chi connectivity index (χ0n) is 18.2. The summed E-state index contributed by atoms with van der Waals surface area (Å²) in [4.78, 5) is 25.8. The zero-order chi connectivity index (χ0) is 23.4. The van der Waals surface area contributed by atoms with Crippen molar-refractivity contribution in [2.24, 2.45) is 0 Å². The highest BCUT2D eigenvalue weighted by Gasteiger charge is 2.37. The van der Waals surface area contributed by atoms with E-state index >= 15 is 0 Å². The Balaban J connectivity index is 1.50. The SMILES string of the molecule is COc1ccc(/C=C2/SC(=S)N(C3CCCCC3)C2=O)cc1OCc1ccc([N+](=O)[O-])cc1. The summed E-state index contributed by atoms with van der Waals surface area (Å²) in [5, 5.41) is 10.8. The van der Waals surface area contributed by atoms with Crippen molar-refractivity contribution < 1.29 is 19.2 Å². The number of rotatable bonds is 7. The van der Waals surface area contributed by atoms with Gasteiger partial charge in [0.1, 0.15) is 10.9 Å². The molecule has 4 rings (SSSR count). The summed E-state index contributed by atoms with van der Waals surface area (Å²) in [5.74, 6) is 1.05. The van der Waals surface area contributed by atoms with Gasteiger partial charge in [-0.2, -0.15) is 0 Å². The molecule has 172 valence electrons. The molecule has 1 saturated heterocycles. The molecule has 0 spiro atoms. The van der Waals surface area contributed by atoms with E-state index in [1.807, 2.05) is 18.2 Å². The van der Waals surface area contributed by atoms with Crippen LogP contribution in [0.1, 0.15) is 43.2 Å². The third kappa shape index (κ3) is 5.36. The molecule has 9 heteroatoms. The highest BCUT2D eigenvalue weighted by molar-refractivity contribution is 8.26. The Morgan fingerprint density at radius 2 is 1.88 bits per heavy atom. The van der Waals surface area contributed by atoms with Crippen LogP contribution in [0.5, 0.6) is 11.5 Å². The van der Waals surface area contributed by atoms with Crippen LogP contribution in [0.3, 0.4) is 0 Å². The molecule has 0 N–H and O–H groups in total. The van der Waals surface area contributed by atoms with Gasteiger partial charge in [0.15, 0.2) is 11.5 Å². The number of nitro groups is 1. The van der Waals surface area contributed by atoms with E-state index in [4.69, 9.17) is 21.7 Å². The highest BCUT2D eigenvalue weighted by Crippen LogP contribution is 2.38. The molecule has 0 bridgehead atoms. The minimum atomic E-state index is -0.436. The first-order valence-corrected chi connectivity index (χ1v) is 12.0. The second-order valence-electron chi connectivity index (χ2n) is 7.97. The quantitative estimate of drug-likeness (QED) is 0.215. The Bertz CT molecular complexity index is 1090. The third-order valence-corrected chi connectivity index (χ3v) is 7.12. The second kappa shape index (κ2) is 10.4. The number of carbonyl (C=O) groups is 1. The summed E-state index contributed by atoms with van der Waals surface area (Å²) in [5.41, 5.74) is 1.63. The Morgan fingerprint density at radius 1 is 1.15 bits per heavy atom. The number of benzene rings is 2. The molecule has 0 unspecified atom stereocenters. The van der Waals surface area contributed by atoms with Gasteiger partial charge in [0.05, 0.1) is 16.9 Å². The van der Waals surface area contributed by atoms with E-state index in [2.05, 4.69) is 0 Å². The molecule has 7 nitrogen and oxygen atoms in total. The molecule has 2 aromatic carbocycles. The van der Waals surface area contributed by atoms with E-state index < -0.39 is 4.92 Å². The van der Waals surface area contributed by atoms with Gasteiger partial charge in [-0.25, -0.2) is 0 Å². The van der Waals surface area contributed by atoms with Gasteiger partial charge >= 0.3 is 0 Å². The van der Waals surface area contributed by atoms with E-state index in [0.717, 1.165) is 36.8 Å². The Kier molecular flexibility index (Phi) is 7.29. The van der Waals surface area contributed by atoms with Gasteiger partial charge in [-0.1, -0.05) is 49.3 Å². The van der Waals surface area contributed by atoms with Crippen molar-refractivity contribution >= 4 is 46.0 Å². The van der Waals surface area contributed by atoms with Crippen molar-refractivity contribution in [2.45, 2.75) is 44.8 Å². The van der Waals surface area contributed by atoms with Crippen LogP contribution in [0, 0.1) is 10.1 Å². The normalized spacial score (nSPS) is 18.1. The van der Waals surface area contributed by atoms with Gasteiger partial charge in [-0.15, -0.1) is 0 Å². The van der Waals surface area contributed by atoms with Crippen molar-refractivity contribution in [3.05, 3.63) is 68.6 Å². The summed E-state index contributed by atoms with van der Waals surface area (Å²) in [6, 6.07) is 11.9. The van der Waals surface area contributed by atoms with Crippen LogP contribution in [-0.2, 0) is 11.4 Å². The van der Waals surface area contributed by atoms with Gasteiger partial charge < -0.3 is 9.47 Å². The summed E-state index contributed by atoms with van der Waals surface area (Å²) < 4.78 is 12.0. The van der Waals surface area contributed by atoms with Gasteiger partial charge in [0, 0.05) is 18.2 Å². The maximum Gasteiger partial charge on any atom is 0.269 e. The van der Waals surface area contributed by atoms with Crippen molar-refractivity contribution in [2.75, 3.05) is 7.11 Å². The van der Waals surface area contributed by atoms with Crippen molar-refractivity contribution in [3.63, 3.8) is 0 Å². The number of amides is 1. The van der Waals surface area contributed by atoms with E-state index in [0.29, 0.717) is 20.7 Å². The molecule has 0 radical (unpaired) electrons. The van der Waals surface area contributed by atoms with E-state index in [1.165, 1.54) is 30.3 Å². The standard InChI is InChI=1S/C24H24N2O5S2/c1-30-20-12-9-17(13-21(20)31-15-16-7-10-19(11-8-16)26(28)29)14-22-23(27)25(24(32)33-22)18-5-3-2-4-6-18/h7-14,18H,2-6,15H2,1H3/b22-14+. The van der Waals surface area contributed by atoms with Gasteiger partial charge in [0.25, 0.3) is 11.6 Å². The van der Waals surface area contributed by atoms with Crippen LogP contribution in [0.2, 0.25) is 0 Å². The minimum absolute atomic E-state index is 0.0268. The monoisotopic (exact) mass is 484 g/mol. The van der Waals surface area contributed by atoms with Crippen LogP contribution in [-0.4, -0.2) is 33.2 Å². The molecule has 1 amide bonds. The number of hydrogen-bond donors (Lipinski definition) is 0. The van der Waals surface area contributed by atoms with Crippen molar-refractivity contribution in [1.29, 1.82) is 0 Å². The molecule has 1 heterocycles. The van der Waals surface area contributed by atoms with Crippen molar-refractivity contribution in [3.8, 4) is 11.5 Å². The van der Waals surface area contributed by atoms with Crippen LogP contribution in [0.25, 0.3) is 6.08 Å². The summed E-state index contributed by atoms with van der Waals surface area (Å²) in [6.45, 7) is 0.224. The number of nitrogens with zero attached hydrogens (tertiary/aromatic N) is 2. The third-order valence-electron chi connectivity index (χ3n) is 5.79. The van der Waals surface area contributed by atoms with Gasteiger partial charge in [0.2, 0.25) is 0 Å². The lowest BCUT2D eigenvalue weighted by Crippen LogP contribution is -2.39. The molecule has 2 fully saturated rings. The topological polar surface area (TPSA) is 81.9 Å². The lowest BCUT2D eigenvalue weighted by molar-refractivity contribution is -0.384. The fraction of sp³-hybridized carbons (Fsp3) is 0.333. The first kappa shape index (κ1) is 23.3. The molecule has 0 aromatic heterocycles. The maximum absolute atomic E-state index is 13.1. The molecule has 1 aliphatic heterocycles. The summed E-state index contributed by atoms with van der Waals surface area (Å²) >= 11 is 6.86. The molecule has 2 aliphatic rings. The van der Waals surface area contributed by atoms with Crippen LogP contribution >= 0.6 is 24.0 Å². The smallest absolute Gasteiger partial charge is 0.269 e. The molecule has 33 heavy (non-hydrogen) atoms. The Hall–Kier alpha value is -2.91. The number of thioether (sulfide) groups is 1. The summed E-state index contributed by atoms with van der Waals surface area (Å²) in [7, 11) is 1.56. The molecular formula is C24H24N2O5S2. The molecule has 1 aliphatic carbocycles. The molecule has 2 aromatic rings. The molecule has 0 atom stereocenters. The number of methoxy groups -OCH3 is 1. The highest BCUT2D eigenvalue weighted by atomic mass is 32.2. The lowest BCUT2D eigenvalue weighted by Gasteiger charge is -2.29. The van der Waals surface area contributed by atoms with E-state index in [1.54, 1.807) is 30.2 Å². The average Bonchev–Trinajstić information content (AvgIpc) is 3.11. The maximum atomic E-state index is 13.1. The second-order valence-corrected chi connectivity index (χ2v) is 9.64. The van der Waals surface area contributed by atoms with E-state index in [-0.39, 0.29) is 24.2 Å². The number of ether oxygens (including phenoxy) is 2. The fourth-order valence-electron chi connectivity index (χ4n) is 4.06. The zero-order valence-corrected chi connectivity index (χ0v) is 19.8. The predicted octanol–water partition coefficient (Wildman–Crippen LogP) is 5.72. The fourth-order valence-corrected chi connectivity index (χ4v) is 5.46. The first-order valence-electron chi connectivity index (χ1n) is 10.8. The number of carbonyl (C=O) groups excluding carboxylic acids is 1. The largest absolute Gasteiger partial charge is 0.493 e. The average molecular weight is 485 g/mol. The number of non-ortho nitro benzene ring substituents is 1.